The fourth-order valence-electron chi connectivity index (χ4n) is 5.59. The molecule has 0 spiro atoms. The normalized spacial score (nSPS) is 17.2. The van der Waals surface area contributed by atoms with Gasteiger partial charge in [0.15, 0.2) is 0 Å². The summed E-state index contributed by atoms with van der Waals surface area (Å²) in [6, 6.07) is 0. The first-order valence-electron chi connectivity index (χ1n) is 21.1. The predicted molar refractivity (Wildman–Crippen MR) is 231 cm³/mol. The first-order chi connectivity index (χ1) is 24.9. The lowest BCUT2D eigenvalue weighted by atomic mass is 9.72. The minimum absolute atomic E-state index is 0.156. The Morgan fingerprint density at radius 1 is 0.481 bits per heavy atom. The summed E-state index contributed by atoms with van der Waals surface area (Å²) in [7, 11) is 8.70. The SMILES string of the molecule is CC(C)C1(C)CCOCC1.COCC(C)(C)C(C)C.COCC(C)(COC)C(C)C.COCC1(C(C)C)CCOCC1.COCCOCC(C)(C)C(C)C. The molecule has 54 heavy (non-hydrogen) atoms. The zero-order valence-corrected chi connectivity index (χ0v) is 40.3. The first kappa shape index (κ1) is 58.0. The van der Waals surface area contributed by atoms with Crippen LogP contribution in [0.25, 0.3) is 0 Å². The lowest BCUT2D eigenvalue weighted by Crippen LogP contribution is -2.38. The van der Waals surface area contributed by atoms with Crippen molar-refractivity contribution in [1.82, 2.24) is 0 Å². The quantitative estimate of drug-likeness (QED) is 0.127. The monoisotopic (exact) mass is 779 g/mol. The Balaban J connectivity index is -0.000000604. The summed E-state index contributed by atoms with van der Waals surface area (Å²) in [5, 5.41) is 0. The van der Waals surface area contributed by atoms with Crippen LogP contribution in [0.1, 0.15) is 136 Å². The zero-order chi connectivity index (χ0) is 42.7. The summed E-state index contributed by atoms with van der Waals surface area (Å²) in [6.07, 6.45) is 4.78. The van der Waals surface area contributed by atoms with Gasteiger partial charge in [-0.25, -0.2) is 0 Å². The van der Waals surface area contributed by atoms with Crippen molar-refractivity contribution in [2.75, 3.05) is 108 Å². The number of methoxy groups -OCH3 is 5. The van der Waals surface area contributed by atoms with E-state index in [1.54, 1.807) is 35.5 Å². The van der Waals surface area contributed by atoms with E-state index in [0.717, 1.165) is 78.2 Å². The van der Waals surface area contributed by atoms with Gasteiger partial charge < -0.3 is 37.9 Å². The van der Waals surface area contributed by atoms with Crippen LogP contribution in [-0.4, -0.2) is 108 Å². The molecule has 0 aromatic rings. The van der Waals surface area contributed by atoms with Crippen LogP contribution in [0.5, 0.6) is 0 Å². The van der Waals surface area contributed by atoms with Gasteiger partial charge in [0.05, 0.1) is 46.2 Å². The van der Waals surface area contributed by atoms with Crippen molar-refractivity contribution in [3.8, 4) is 0 Å². The summed E-state index contributed by atoms with van der Waals surface area (Å²) < 4.78 is 41.7. The number of hydrogen-bond donors (Lipinski definition) is 0. The predicted octanol–water partition coefficient (Wildman–Crippen LogP) is 11.1. The van der Waals surface area contributed by atoms with Crippen molar-refractivity contribution in [3.05, 3.63) is 0 Å². The molecule has 8 nitrogen and oxygen atoms in total. The van der Waals surface area contributed by atoms with Crippen LogP contribution < -0.4 is 0 Å². The molecule has 8 heteroatoms. The number of ether oxygens (including phenoxy) is 8. The molecule has 330 valence electrons. The summed E-state index contributed by atoms with van der Waals surface area (Å²) in [5.41, 5.74) is 1.69. The molecule has 0 amide bonds. The van der Waals surface area contributed by atoms with Gasteiger partial charge in [0.1, 0.15) is 0 Å². The molecule has 2 rings (SSSR count). The maximum Gasteiger partial charge on any atom is 0.0700 e. The second kappa shape index (κ2) is 30.7. The van der Waals surface area contributed by atoms with E-state index in [9.17, 15) is 0 Å². The Hall–Kier alpha value is -0.320. The molecular formula is C46H98O8. The Kier molecular flexibility index (Phi) is 33.0. The van der Waals surface area contributed by atoms with Gasteiger partial charge in [-0.15, -0.1) is 0 Å². The maximum absolute atomic E-state index is 5.48. The largest absolute Gasteiger partial charge is 0.384 e. The van der Waals surface area contributed by atoms with E-state index in [4.69, 9.17) is 37.9 Å². The molecule has 0 bridgehead atoms. The minimum Gasteiger partial charge on any atom is -0.384 e. The highest BCUT2D eigenvalue weighted by atomic mass is 16.5. The van der Waals surface area contributed by atoms with Gasteiger partial charge in [-0.3, -0.25) is 0 Å². The topological polar surface area (TPSA) is 73.8 Å². The summed E-state index contributed by atoms with van der Waals surface area (Å²) in [4.78, 5) is 0. The second-order valence-electron chi connectivity index (χ2n) is 19.4. The molecule has 2 fully saturated rings. The van der Waals surface area contributed by atoms with E-state index in [2.05, 4.69) is 111 Å². The molecule has 0 atom stereocenters. The second-order valence-corrected chi connectivity index (χ2v) is 19.4. The molecule has 0 saturated carbocycles. The Labute approximate surface area is 338 Å². The number of hydrogen-bond acceptors (Lipinski definition) is 8. The average Bonchev–Trinajstić information content (AvgIpc) is 3.09. The highest BCUT2D eigenvalue weighted by Gasteiger charge is 2.35. The van der Waals surface area contributed by atoms with Gasteiger partial charge >= 0.3 is 0 Å². The molecule has 2 heterocycles. The maximum atomic E-state index is 5.48. The van der Waals surface area contributed by atoms with Gasteiger partial charge in [-0.2, -0.15) is 0 Å². The molecule has 2 aliphatic rings. The third-order valence-electron chi connectivity index (χ3n) is 13.1. The van der Waals surface area contributed by atoms with Gasteiger partial charge in [0, 0.05) is 72.8 Å². The van der Waals surface area contributed by atoms with E-state index in [-0.39, 0.29) is 10.8 Å². The van der Waals surface area contributed by atoms with Crippen LogP contribution in [-0.2, 0) is 37.9 Å². The van der Waals surface area contributed by atoms with Crippen LogP contribution in [0.4, 0.5) is 0 Å². The van der Waals surface area contributed by atoms with Crippen LogP contribution in [0, 0.1) is 56.7 Å². The van der Waals surface area contributed by atoms with E-state index in [0.29, 0.717) is 53.1 Å². The molecule has 0 aromatic heterocycles. The summed E-state index contributed by atoms with van der Waals surface area (Å²) in [6.45, 7) is 45.1. The lowest BCUT2D eigenvalue weighted by Gasteiger charge is -2.40. The Bertz CT molecular complexity index is 813. The summed E-state index contributed by atoms with van der Waals surface area (Å²) in [5.74, 6) is 3.43. The van der Waals surface area contributed by atoms with Crippen molar-refractivity contribution in [2.24, 2.45) is 56.7 Å². The van der Waals surface area contributed by atoms with E-state index in [1.807, 2.05) is 0 Å². The van der Waals surface area contributed by atoms with E-state index in [1.165, 1.54) is 12.8 Å². The van der Waals surface area contributed by atoms with Gasteiger partial charge in [-0.05, 0) is 71.5 Å². The van der Waals surface area contributed by atoms with E-state index >= 15 is 0 Å². The molecule has 2 saturated heterocycles. The lowest BCUT2D eigenvalue weighted by molar-refractivity contribution is -0.0527. The van der Waals surface area contributed by atoms with Crippen LogP contribution in [0.15, 0.2) is 0 Å². The fraction of sp³-hybridized carbons (Fsp3) is 1.00. The molecular weight excluding hydrogens is 680 g/mol. The molecule has 2 aliphatic heterocycles. The minimum atomic E-state index is 0.156. The Morgan fingerprint density at radius 3 is 1.17 bits per heavy atom. The molecule has 0 aromatic carbocycles. The van der Waals surface area contributed by atoms with Crippen LogP contribution in [0.2, 0.25) is 0 Å². The van der Waals surface area contributed by atoms with Gasteiger partial charge in [0.25, 0.3) is 0 Å². The third kappa shape index (κ3) is 25.1. The fourth-order valence-corrected chi connectivity index (χ4v) is 5.59. The highest BCUT2D eigenvalue weighted by molar-refractivity contribution is 4.84. The van der Waals surface area contributed by atoms with Crippen LogP contribution >= 0.6 is 0 Å². The van der Waals surface area contributed by atoms with Gasteiger partial charge in [0.2, 0.25) is 0 Å². The van der Waals surface area contributed by atoms with Gasteiger partial charge in [-0.1, -0.05) is 111 Å². The van der Waals surface area contributed by atoms with Crippen molar-refractivity contribution in [1.29, 1.82) is 0 Å². The smallest absolute Gasteiger partial charge is 0.0700 e. The molecule has 0 N–H and O–H groups in total. The van der Waals surface area contributed by atoms with Crippen molar-refractivity contribution in [3.63, 3.8) is 0 Å². The summed E-state index contributed by atoms with van der Waals surface area (Å²) >= 11 is 0. The molecule has 0 aliphatic carbocycles. The van der Waals surface area contributed by atoms with E-state index < -0.39 is 0 Å². The first-order valence-corrected chi connectivity index (χ1v) is 21.1. The van der Waals surface area contributed by atoms with Crippen molar-refractivity contribution >= 4 is 0 Å². The molecule has 0 unspecified atom stereocenters. The highest BCUT2D eigenvalue weighted by Crippen LogP contribution is 2.38. The molecule has 0 radical (unpaired) electrons. The number of rotatable bonds is 18. The van der Waals surface area contributed by atoms with Crippen molar-refractivity contribution in [2.45, 2.75) is 136 Å². The zero-order valence-electron chi connectivity index (χ0n) is 40.3. The Morgan fingerprint density at radius 2 is 0.889 bits per heavy atom. The standard InChI is InChI=1S/C10H20O2.C10H22O2.C9H20O2.C9H18O.C8H18O/c1-9(2)10(8-11-3)4-6-12-7-5-10;1-9(2)10(3,4)8-12-7-6-11-5;1-8(2)9(3,6-10-4)7-11-5;1-8(2)9(3)4-6-10-7-5-9;1-7(2)8(3,4)6-9-5/h9H,4-8H2,1-3H3;9H,6-8H2,1-5H3;8H,6-7H2,1-5H3;8H,4-7H2,1-3H3;7H,6H2,1-5H3. The third-order valence-corrected chi connectivity index (χ3v) is 13.1. The van der Waals surface area contributed by atoms with Crippen molar-refractivity contribution < 1.29 is 37.9 Å². The van der Waals surface area contributed by atoms with Crippen LogP contribution in [0.3, 0.4) is 0 Å². The average molecular weight is 779 g/mol.